The van der Waals surface area contributed by atoms with Crippen LogP contribution < -0.4 is 0 Å². The Morgan fingerprint density at radius 2 is 1.93 bits per heavy atom. The van der Waals surface area contributed by atoms with Gasteiger partial charge in [-0.3, -0.25) is 4.79 Å². The van der Waals surface area contributed by atoms with E-state index < -0.39 is 11.8 Å². The molecule has 0 unspecified atom stereocenters. The molecule has 14 heavy (non-hydrogen) atoms. The lowest BCUT2D eigenvalue weighted by Crippen LogP contribution is -2.14. The molecule has 80 valence electrons. The fourth-order valence-electron chi connectivity index (χ4n) is 0.756. The summed E-state index contributed by atoms with van der Waals surface area (Å²) in [6.07, 6.45) is 3.45. The molecule has 0 rings (SSSR count). The molecule has 0 saturated heterocycles. The van der Waals surface area contributed by atoms with Crippen molar-refractivity contribution in [3.8, 4) is 0 Å². The molecule has 0 heterocycles. The van der Waals surface area contributed by atoms with Crippen LogP contribution in [0.2, 0.25) is 0 Å². The topological polar surface area (TPSA) is 52.6 Å². The fourth-order valence-corrected chi connectivity index (χ4v) is 0.756. The Kier molecular flexibility index (Phi) is 7.74. The molecule has 0 amide bonds. The molecule has 0 bridgehead atoms. The van der Waals surface area contributed by atoms with Gasteiger partial charge in [0.15, 0.2) is 0 Å². The Bertz CT molecular complexity index is 208. The summed E-state index contributed by atoms with van der Waals surface area (Å²) < 4.78 is 9.56. The normalized spacial score (nSPS) is 10.4. The van der Waals surface area contributed by atoms with E-state index in [0.717, 1.165) is 0 Å². The molecule has 0 aliphatic carbocycles. The number of hydrogen-bond acceptors (Lipinski definition) is 4. The maximum absolute atomic E-state index is 11.0. The number of hydrogen-bond donors (Lipinski definition) is 0. The second kappa shape index (κ2) is 8.44. The molecule has 0 N–H and O–H groups in total. The zero-order valence-electron chi connectivity index (χ0n) is 8.62. The van der Waals surface area contributed by atoms with Gasteiger partial charge in [-0.15, -0.1) is 0 Å². The first kappa shape index (κ1) is 12.8. The molecule has 4 heteroatoms. The minimum absolute atomic E-state index is 0.220. The third-order valence-electron chi connectivity index (χ3n) is 1.38. The van der Waals surface area contributed by atoms with E-state index in [1.165, 1.54) is 6.08 Å². The summed E-state index contributed by atoms with van der Waals surface area (Å²) in [6.45, 7) is 4.98. The smallest absolute Gasteiger partial charge is 0.378 e. The van der Waals surface area contributed by atoms with Crippen LogP contribution in [0.1, 0.15) is 20.3 Å². The van der Waals surface area contributed by atoms with Gasteiger partial charge in [0.2, 0.25) is 0 Å². The number of ether oxygens (including phenoxy) is 2. The van der Waals surface area contributed by atoms with E-state index in [1.807, 2.05) is 6.92 Å². The lowest BCUT2D eigenvalue weighted by molar-refractivity contribution is -0.151. The largest absolute Gasteiger partial charge is 0.460 e. The fraction of sp³-hybridized carbons (Fsp3) is 0.600. The number of carbonyl (C=O) groups is 2. The molecule has 0 atom stereocenters. The summed E-state index contributed by atoms with van der Waals surface area (Å²) in [7, 11) is 0. The molecular formula is C10H16O4. The highest BCUT2D eigenvalue weighted by molar-refractivity contribution is 6.38. The van der Waals surface area contributed by atoms with Crippen molar-refractivity contribution in [1.29, 1.82) is 0 Å². The zero-order valence-corrected chi connectivity index (χ0v) is 8.62. The summed E-state index contributed by atoms with van der Waals surface area (Å²) in [4.78, 5) is 21.8. The van der Waals surface area contributed by atoms with Gasteiger partial charge in [0.05, 0.1) is 13.2 Å². The highest BCUT2D eigenvalue weighted by Crippen LogP contribution is 1.88. The Morgan fingerprint density at radius 3 is 2.50 bits per heavy atom. The highest BCUT2D eigenvalue weighted by Gasteiger charge is 2.09. The van der Waals surface area contributed by atoms with Gasteiger partial charge in [-0.1, -0.05) is 6.08 Å². The average molecular weight is 200 g/mol. The first-order chi connectivity index (χ1) is 6.72. The number of rotatable bonds is 7. The molecule has 0 aromatic carbocycles. The molecule has 0 fully saturated rings. The Hall–Kier alpha value is -1.16. The van der Waals surface area contributed by atoms with Crippen LogP contribution in [-0.4, -0.2) is 31.6 Å². The van der Waals surface area contributed by atoms with Gasteiger partial charge < -0.3 is 9.47 Å². The van der Waals surface area contributed by atoms with Gasteiger partial charge in [0.1, 0.15) is 0 Å². The summed E-state index contributed by atoms with van der Waals surface area (Å²) in [6, 6.07) is 0. The molecule has 0 saturated carbocycles. The van der Waals surface area contributed by atoms with Gasteiger partial charge >= 0.3 is 5.97 Å². The standard InChI is InChI=1S/C10H16O4/c1-3-13-8-6-5-7-9(11)10(12)14-4-2/h5,7H,3-4,6,8H2,1-2H3/b7-5+. The van der Waals surface area contributed by atoms with Crippen LogP contribution in [0.15, 0.2) is 12.2 Å². The SMILES string of the molecule is CCOCC/C=C/C(=O)C(=O)OCC. The summed E-state index contributed by atoms with van der Waals surface area (Å²) in [5.74, 6) is -1.43. The van der Waals surface area contributed by atoms with E-state index in [-0.39, 0.29) is 6.61 Å². The van der Waals surface area contributed by atoms with E-state index in [4.69, 9.17) is 4.74 Å². The van der Waals surface area contributed by atoms with E-state index in [1.54, 1.807) is 13.0 Å². The third kappa shape index (κ3) is 6.37. The lowest BCUT2D eigenvalue weighted by Gasteiger charge is -1.96. The van der Waals surface area contributed by atoms with Gasteiger partial charge in [-0.25, -0.2) is 4.79 Å². The van der Waals surface area contributed by atoms with Crippen molar-refractivity contribution in [2.24, 2.45) is 0 Å². The van der Waals surface area contributed by atoms with Crippen LogP contribution in [0.5, 0.6) is 0 Å². The van der Waals surface area contributed by atoms with Gasteiger partial charge in [-0.05, 0) is 26.3 Å². The van der Waals surface area contributed by atoms with Crippen LogP contribution in [0, 0.1) is 0 Å². The molecule has 0 aromatic rings. The van der Waals surface area contributed by atoms with Crippen LogP contribution in [0.25, 0.3) is 0 Å². The summed E-state index contributed by atoms with van der Waals surface area (Å²) in [5.41, 5.74) is 0. The maximum Gasteiger partial charge on any atom is 0.378 e. The van der Waals surface area contributed by atoms with Crippen molar-refractivity contribution in [2.75, 3.05) is 19.8 Å². The Morgan fingerprint density at radius 1 is 1.21 bits per heavy atom. The molecule has 4 nitrogen and oxygen atoms in total. The molecule has 0 radical (unpaired) electrons. The molecular weight excluding hydrogens is 184 g/mol. The molecule has 0 aromatic heterocycles. The zero-order chi connectivity index (χ0) is 10.8. The highest BCUT2D eigenvalue weighted by atomic mass is 16.5. The third-order valence-corrected chi connectivity index (χ3v) is 1.38. The molecule has 0 spiro atoms. The number of esters is 1. The predicted molar refractivity (Wildman–Crippen MR) is 51.9 cm³/mol. The summed E-state index contributed by atoms with van der Waals surface area (Å²) >= 11 is 0. The quantitative estimate of drug-likeness (QED) is 0.267. The second-order valence-corrected chi connectivity index (χ2v) is 2.47. The van der Waals surface area contributed by atoms with Crippen molar-refractivity contribution in [3.63, 3.8) is 0 Å². The van der Waals surface area contributed by atoms with Crippen molar-refractivity contribution < 1.29 is 19.1 Å². The van der Waals surface area contributed by atoms with Crippen LogP contribution in [-0.2, 0) is 19.1 Å². The van der Waals surface area contributed by atoms with Gasteiger partial charge in [0.25, 0.3) is 5.78 Å². The average Bonchev–Trinajstić information content (AvgIpc) is 2.17. The van der Waals surface area contributed by atoms with E-state index in [2.05, 4.69) is 4.74 Å². The van der Waals surface area contributed by atoms with E-state index >= 15 is 0 Å². The monoisotopic (exact) mass is 200 g/mol. The minimum atomic E-state index is -0.805. The van der Waals surface area contributed by atoms with Crippen LogP contribution in [0.4, 0.5) is 0 Å². The Labute approximate surface area is 83.9 Å². The van der Waals surface area contributed by atoms with Crippen molar-refractivity contribution in [2.45, 2.75) is 20.3 Å². The Balaban J connectivity index is 3.65. The van der Waals surface area contributed by atoms with Crippen molar-refractivity contribution >= 4 is 11.8 Å². The van der Waals surface area contributed by atoms with E-state index in [9.17, 15) is 9.59 Å². The molecule has 0 aliphatic rings. The first-order valence-corrected chi connectivity index (χ1v) is 4.67. The lowest BCUT2D eigenvalue weighted by atomic mass is 10.3. The minimum Gasteiger partial charge on any atom is -0.460 e. The first-order valence-electron chi connectivity index (χ1n) is 4.67. The maximum atomic E-state index is 11.0. The second-order valence-electron chi connectivity index (χ2n) is 2.47. The molecule has 0 aliphatic heterocycles. The number of ketones is 1. The van der Waals surface area contributed by atoms with Gasteiger partial charge in [0, 0.05) is 6.61 Å². The van der Waals surface area contributed by atoms with Crippen LogP contribution >= 0.6 is 0 Å². The van der Waals surface area contributed by atoms with Crippen molar-refractivity contribution in [3.05, 3.63) is 12.2 Å². The summed E-state index contributed by atoms with van der Waals surface area (Å²) in [5, 5.41) is 0. The van der Waals surface area contributed by atoms with Crippen molar-refractivity contribution in [1.82, 2.24) is 0 Å². The number of carbonyl (C=O) groups excluding carboxylic acids is 2. The van der Waals surface area contributed by atoms with E-state index in [0.29, 0.717) is 19.6 Å². The predicted octanol–water partition coefficient (Wildman–Crippen LogP) is 1.10. The van der Waals surface area contributed by atoms with Gasteiger partial charge in [-0.2, -0.15) is 0 Å². The van der Waals surface area contributed by atoms with Crippen LogP contribution in [0.3, 0.4) is 0 Å².